The molecule has 0 saturated carbocycles. The number of para-hydroxylation sites is 1. The molecule has 2 amide bonds. The molecule has 0 spiro atoms. The SMILES string of the molecule is NC(=O)c1ccccc1OCC(=O)N[C@@H](c1ccccc1)c1ccc(Cl)cc1. The highest BCUT2D eigenvalue weighted by molar-refractivity contribution is 6.30. The third kappa shape index (κ3) is 4.90. The fourth-order valence-electron chi connectivity index (χ4n) is 2.80. The van der Waals surface area contributed by atoms with E-state index < -0.39 is 5.91 Å². The zero-order chi connectivity index (χ0) is 19.9. The Morgan fingerprint density at radius 1 is 0.893 bits per heavy atom. The third-order valence-electron chi connectivity index (χ3n) is 4.15. The topological polar surface area (TPSA) is 81.4 Å². The summed E-state index contributed by atoms with van der Waals surface area (Å²) in [6.45, 7) is -0.249. The molecule has 0 aliphatic heterocycles. The summed E-state index contributed by atoms with van der Waals surface area (Å²) < 4.78 is 5.52. The van der Waals surface area contributed by atoms with E-state index in [1.54, 1.807) is 36.4 Å². The standard InChI is InChI=1S/C22H19ClN2O3/c23-17-12-10-16(11-13-17)21(15-6-2-1-3-7-15)25-20(26)14-28-19-9-5-4-8-18(19)22(24)27/h1-13,21H,14H2,(H2,24,27)(H,25,26)/t21-/m0/s1. The van der Waals surface area contributed by atoms with Crippen LogP contribution in [0.3, 0.4) is 0 Å². The summed E-state index contributed by atoms with van der Waals surface area (Å²) in [6, 6.07) is 23.1. The average molecular weight is 395 g/mol. The molecule has 3 rings (SSSR count). The Balaban J connectivity index is 1.75. The Morgan fingerprint density at radius 2 is 1.50 bits per heavy atom. The summed E-state index contributed by atoms with van der Waals surface area (Å²) in [6.07, 6.45) is 0. The van der Waals surface area contributed by atoms with Gasteiger partial charge in [-0.15, -0.1) is 0 Å². The number of ether oxygens (including phenoxy) is 1. The molecule has 0 bridgehead atoms. The number of hydrogen-bond acceptors (Lipinski definition) is 3. The molecule has 142 valence electrons. The summed E-state index contributed by atoms with van der Waals surface area (Å²) in [5.41, 5.74) is 7.38. The van der Waals surface area contributed by atoms with Gasteiger partial charge in [0.1, 0.15) is 5.75 Å². The average Bonchev–Trinajstić information content (AvgIpc) is 2.72. The van der Waals surface area contributed by atoms with Crippen molar-refractivity contribution in [2.45, 2.75) is 6.04 Å². The van der Waals surface area contributed by atoms with Crippen molar-refractivity contribution in [3.63, 3.8) is 0 Å². The van der Waals surface area contributed by atoms with Crippen molar-refractivity contribution < 1.29 is 14.3 Å². The third-order valence-corrected chi connectivity index (χ3v) is 4.40. The van der Waals surface area contributed by atoms with E-state index in [1.165, 1.54) is 0 Å². The van der Waals surface area contributed by atoms with Crippen molar-refractivity contribution in [3.05, 3.63) is 101 Å². The van der Waals surface area contributed by atoms with Gasteiger partial charge in [0, 0.05) is 5.02 Å². The van der Waals surface area contributed by atoms with Gasteiger partial charge in [-0.05, 0) is 35.4 Å². The molecule has 3 N–H and O–H groups in total. The van der Waals surface area contributed by atoms with Crippen molar-refractivity contribution in [1.82, 2.24) is 5.32 Å². The maximum atomic E-state index is 12.5. The van der Waals surface area contributed by atoms with Gasteiger partial charge in [0.05, 0.1) is 11.6 Å². The van der Waals surface area contributed by atoms with E-state index in [1.807, 2.05) is 42.5 Å². The Bertz CT molecular complexity index is 959. The van der Waals surface area contributed by atoms with E-state index in [4.69, 9.17) is 22.1 Å². The van der Waals surface area contributed by atoms with Crippen LogP contribution in [0.2, 0.25) is 5.02 Å². The molecule has 6 heteroatoms. The van der Waals surface area contributed by atoms with Crippen LogP contribution in [-0.2, 0) is 4.79 Å². The predicted molar refractivity (Wildman–Crippen MR) is 108 cm³/mol. The number of nitrogens with two attached hydrogens (primary N) is 1. The Kier molecular flexibility index (Phi) is 6.29. The molecule has 28 heavy (non-hydrogen) atoms. The molecule has 0 radical (unpaired) electrons. The molecule has 0 aromatic heterocycles. The molecule has 0 saturated heterocycles. The molecule has 3 aromatic rings. The van der Waals surface area contributed by atoms with Gasteiger partial charge in [-0.1, -0.05) is 66.2 Å². The highest BCUT2D eigenvalue weighted by Crippen LogP contribution is 2.24. The minimum atomic E-state index is -0.612. The predicted octanol–water partition coefficient (Wildman–Crippen LogP) is 3.72. The van der Waals surface area contributed by atoms with Crippen LogP contribution < -0.4 is 15.8 Å². The van der Waals surface area contributed by atoms with Gasteiger partial charge in [0.2, 0.25) is 0 Å². The lowest BCUT2D eigenvalue weighted by Gasteiger charge is -2.20. The summed E-state index contributed by atoms with van der Waals surface area (Å²) in [5, 5.41) is 3.58. The number of primary amides is 1. The first kappa shape index (κ1) is 19.5. The van der Waals surface area contributed by atoms with Gasteiger partial charge >= 0.3 is 0 Å². The minimum absolute atomic E-state index is 0.229. The van der Waals surface area contributed by atoms with Crippen LogP contribution in [-0.4, -0.2) is 18.4 Å². The summed E-state index contributed by atoms with van der Waals surface area (Å²) in [5.74, 6) is -0.671. The van der Waals surface area contributed by atoms with Crippen LogP contribution in [0, 0.1) is 0 Å². The smallest absolute Gasteiger partial charge is 0.258 e. The van der Waals surface area contributed by atoms with Gasteiger partial charge in [-0.25, -0.2) is 0 Å². The van der Waals surface area contributed by atoms with Crippen LogP contribution in [0.4, 0.5) is 0 Å². The number of carbonyl (C=O) groups is 2. The lowest BCUT2D eigenvalue weighted by Crippen LogP contribution is -2.33. The van der Waals surface area contributed by atoms with Crippen LogP contribution >= 0.6 is 11.6 Å². The number of carbonyl (C=O) groups excluding carboxylic acids is 2. The summed E-state index contributed by atoms with van der Waals surface area (Å²) in [7, 11) is 0. The number of halogens is 1. The molecule has 3 aromatic carbocycles. The second kappa shape index (κ2) is 9.06. The van der Waals surface area contributed by atoms with Crippen LogP contribution in [0.5, 0.6) is 5.75 Å². The second-order valence-electron chi connectivity index (χ2n) is 6.11. The van der Waals surface area contributed by atoms with Gasteiger partial charge in [-0.2, -0.15) is 0 Å². The maximum Gasteiger partial charge on any atom is 0.258 e. The molecule has 1 atom stereocenters. The summed E-state index contributed by atoms with van der Waals surface area (Å²) in [4.78, 5) is 24.0. The van der Waals surface area contributed by atoms with Crippen molar-refractivity contribution in [3.8, 4) is 5.75 Å². The van der Waals surface area contributed by atoms with Gasteiger partial charge in [0.15, 0.2) is 6.61 Å². The van der Waals surface area contributed by atoms with E-state index in [9.17, 15) is 9.59 Å². The maximum absolute atomic E-state index is 12.5. The van der Waals surface area contributed by atoms with Gasteiger partial charge in [0.25, 0.3) is 11.8 Å². The lowest BCUT2D eigenvalue weighted by atomic mass is 9.99. The fourth-order valence-corrected chi connectivity index (χ4v) is 2.93. The Morgan fingerprint density at radius 3 is 2.18 bits per heavy atom. The van der Waals surface area contributed by atoms with Crippen molar-refractivity contribution in [1.29, 1.82) is 0 Å². The minimum Gasteiger partial charge on any atom is -0.483 e. The van der Waals surface area contributed by atoms with Crippen molar-refractivity contribution >= 4 is 23.4 Å². The molecule has 0 fully saturated rings. The molecular weight excluding hydrogens is 376 g/mol. The highest BCUT2D eigenvalue weighted by atomic mass is 35.5. The Hall–Kier alpha value is -3.31. The number of nitrogens with one attached hydrogen (secondary N) is 1. The fraction of sp³-hybridized carbons (Fsp3) is 0.0909. The quantitative estimate of drug-likeness (QED) is 0.640. The van der Waals surface area contributed by atoms with Gasteiger partial charge < -0.3 is 15.8 Å². The highest BCUT2D eigenvalue weighted by Gasteiger charge is 2.18. The zero-order valence-corrected chi connectivity index (χ0v) is 15.7. The van der Waals surface area contributed by atoms with Gasteiger partial charge in [-0.3, -0.25) is 9.59 Å². The van der Waals surface area contributed by atoms with E-state index in [-0.39, 0.29) is 29.9 Å². The van der Waals surface area contributed by atoms with Crippen molar-refractivity contribution in [2.24, 2.45) is 5.73 Å². The second-order valence-corrected chi connectivity index (χ2v) is 6.55. The number of benzene rings is 3. The molecule has 0 unspecified atom stereocenters. The Labute approximate surface area is 168 Å². The van der Waals surface area contributed by atoms with Crippen LogP contribution in [0.25, 0.3) is 0 Å². The lowest BCUT2D eigenvalue weighted by molar-refractivity contribution is -0.123. The normalized spacial score (nSPS) is 11.5. The number of hydrogen-bond donors (Lipinski definition) is 2. The number of amides is 2. The molecule has 0 heterocycles. The van der Waals surface area contributed by atoms with Crippen LogP contribution in [0.1, 0.15) is 27.5 Å². The first-order valence-electron chi connectivity index (χ1n) is 8.66. The summed E-state index contributed by atoms with van der Waals surface area (Å²) >= 11 is 5.98. The molecule has 0 aliphatic carbocycles. The van der Waals surface area contributed by atoms with Crippen molar-refractivity contribution in [2.75, 3.05) is 6.61 Å². The molecular formula is C22H19ClN2O3. The molecule has 0 aliphatic rings. The molecule has 5 nitrogen and oxygen atoms in total. The zero-order valence-electron chi connectivity index (χ0n) is 15.0. The van der Waals surface area contributed by atoms with Crippen LogP contribution in [0.15, 0.2) is 78.9 Å². The van der Waals surface area contributed by atoms with E-state index in [2.05, 4.69) is 5.32 Å². The monoisotopic (exact) mass is 394 g/mol. The van der Waals surface area contributed by atoms with E-state index in [0.717, 1.165) is 11.1 Å². The van der Waals surface area contributed by atoms with E-state index in [0.29, 0.717) is 5.02 Å². The number of rotatable bonds is 7. The first-order valence-corrected chi connectivity index (χ1v) is 9.04. The van der Waals surface area contributed by atoms with E-state index >= 15 is 0 Å². The first-order chi connectivity index (χ1) is 13.5. The largest absolute Gasteiger partial charge is 0.483 e.